The molecular formula is C17H18N6O. The minimum Gasteiger partial charge on any atom is -0.337 e. The highest BCUT2D eigenvalue weighted by Gasteiger charge is 2.25. The van der Waals surface area contributed by atoms with Gasteiger partial charge in [-0.2, -0.15) is 0 Å². The number of rotatable bonds is 2. The number of nitrogens with zero attached hydrogens (tertiary/aromatic N) is 6. The van der Waals surface area contributed by atoms with Crippen LogP contribution < -0.4 is 4.90 Å². The van der Waals surface area contributed by atoms with Gasteiger partial charge in [0, 0.05) is 51.0 Å². The number of piperazine rings is 1. The molecule has 0 spiro atoms. The van der Waals surface area contributed by atoms with E-state index in [1.807, 2.05) is 40.8 Å². The van der Waals surface area contributed by atoms with Crippen molar-refractivity contribution in [1.29, 1.82) is 0 Å². The van der Waals surface area contributed by atoms with Gasteiger partial charge in [0.05, 0.1) is 11.3 Å². The van der Waals surface area contributed by atoms with E-state index in [4.69, 9.17) is 0 Å². The number of aryl methyl sites for hydroxylation is 1. The first-order valence-corrected chi connectivity index (χ1v) is 7.98. The third-order valence-electron chi connectivity index (χ3n) is 4.24. The number of hydrogen-bond donors (Lipinski definition) is 0. The summed E-state index contributed by atoms with van der Waals surface area (Å²) in [6.45, 7) is 4.69. The number of imidazole rings is 1. The van der Waals surface area contributed by atoms with E-state index < -0.39 is 0 Å². The van der Waals surface area contributed by atoms with Crippen molar-refractivity contribution >= 4 is 17.5 Å². The maximum absolute atomic E-state index is 12.9. The molecular weight excluding hydrogens is 304 g/mol. The summed E-state index contributed by atoms with van der Waals surface area (Å²) in [5.41, 5.74) is 2.27. The zero-order valence-corrected chi connectivity index (χ0v) is 13.5. The first kappa shape index (κ1) is 14.6. The summed E-state index contributed by atoms with van der Waals surface area (Å²) >= 11 is 0. The second-order valence-electron chi connectivity index (χ2n) is 5.86. The molecule has 1 amide bonds. The number of fused-ring (bicyclic) bond motifs is 1. The topological polar surface area (TPSA) is 66.6 Å². The molecule has 24 heavy (non-hydrogen) atoms. The minimum atomic E-state index is 0.0276. The van der Waals surface area contributed by atoms with Crippen molar-refractivity contribution < 1.29 is 4.79 Å². The fourth-order valence-electron chi connectivity index (χ4n) is 3.04. The van der Waals surface area contributed by atoms with Crippen LogP contribution in [-0.2, 0) is 0 Å². The summed E-state index contributed by atoms with van der Waals surface area (Å²) in [4.78, 5) is 29.9. The molecule has 1 aliphatic rings. The van der Waals surface area contributed by atoms with Gasteiger partial charge in [-0.05, 0) is 25.1 Å². The first-order chi connectivity index (χ1) is 11.7. The smallest absolute Gasteiger partial charge is 0.257 e. The lowest BCUT2D eigenvalue weighted by Crippen LogP contribution is -2.49. The molecule has 0 atom stereocenters. The molecule has 0 aliphatic carbocycles. The lowest BCUT2D eigenvalue weighted by atomic mass is 10.2. The number of amides is 1. The number of carbonyl (C=O) groups excluding carboxylic acids is 1. The van der Waals surface area contributed by atoms with Crippen LogP contribution in [0.5, 0.6) is 0 Å². The summed E-state index contributed by atoms with van der Waals surface area (Å²) in [5, 5.41) is 0. The fourth-order valence-corrected chi connectivity index (χ4v) is 3.04. The Balaban J connectivity index is 1.52. The van der Waals surface area contributed by atoms with E-state index in [1.54, 1.807) is 18.5 Å². The Morgan fingerprint density at radius 3 is 2.58 bits per heavy atom. The van der Waals surface area contributed by atoms with Crippen molar-refractivity contribution in [3.8, 4) is 0 Å². The molecule has 3 aromatic heterocycles. The second kappa shape index (κ2) is 5.92. The lowest BCUT2D eigenvalue weighted by molar-refractivity contribution is 0.0747. The highest BCUT2D eigenvalue weighted by molar-refractivity contribution is 6.00. The average molecular weight is 322 g/mol. The summed E-state index contributed by atoms with van der Waals surface area (Å²) in [6.07, 6.45) is 7.32. The predicted molar refractivity (Wildman–Crippen MR) is 90.1 cm³/mol. The van der Waals surface area contributed by atoms with Crippen molar-refractivity contribution in [2.75, 3.05) is 31.1 Å². The zero-order chi connectivity index (χ0) is 16.5. The van der Waals surface area contributed by atoms with Crippen LogP contribution in [0.1, 0.15) is 16.1 Å². The molecule has 7 heteroatoms. The van der Waals surface area contributed by atoms with E-state index in [2.05, 4.69) is 19.9 Å². The molecule has 4 rings (SSSR count). The molecule has 1 saturated heterocycles. The summed E-state index contributed by atoms with van der Waals surface area (Å²) in [5.74, 6) is 0.746. The van der Waals surface area contributed by atoms with E-state index in [0.29, 0.717) is 24.3 Å². The van der Waals surface area contributed by atoms with Crippen LogP contribution in [0.4, 0.5) is 5.95 Å². The standard InChI is InChI=1S/C17H18N6O/c1-13-12-23-7-2-4-14(15(23)20-13)16(24)21-8-10-22(11-9-21)17-18-5-3-6-19-17/h2-7,12H,8-11H2,1H3. The van der Waals surface area contributed by atoms with Crippen molar-refractivity contribution in [3.63, 3.8) is 0 Å². The maximum atomic E-state index is 12.9. The van der Waals surface area contributed by atoms with Gasteiger partial charge in [0.2, 0.25) is 5.95 Å². The number of anilines is 1. The highest BCUT2D eigenvalue weighted by atomic mass is 16.2. The van der Waals surface area contributed by atoms with Gasteiger partial charge in [0.1, 0.15) is 5.65 Å². The second-order valence-corrected chi connectivity index (χ2v) is 5.86. The van der Waals surface area contributed by atoms with Crippen LogP contribution in [0.15, 0.2) is 43.0 Å². The predicted octanol–water partition coefficient (Wildman–Crippen LogP) is 1.40. The van der Waals surface area contributed by atoms with Crippen LogP contribution in [0.3, 0.4) is 0 Å². The average Bonchev–Trinajstić information content (AvgIpc) is 3.02. The van der Waals surface area contributed by atoms with Crippen LogP contribution in [-0.4, -0.2) is 56.3 Å². The Bertz CT molecular complexity index is 867. The number of carbonyl (C=O) groups is 1. The molecule has 0 radical (unpaired) electrons. The summed E-state index contributed by atoms with van der Waals surface area (Å²) in [6, 6.07) is 5.53. The Morgan fingerprint density at radius 2 is 1.83 bits per heavy atom. The molecule has 0 aromatic carbocycles. The van der Waals surface area contributed by atoms with E-state index in [0.717, 1.165) is 24.7 Å². The van der Waals surface area contributed by atoms with Gasteiger partial charge >= 0.3 is 0 Å². The largest absolute Gasteiger partial charge is 0.337 e. The number of aromatic nitrogens is 4. The highest BCUT2D eigenvalue weighted by Crippen LogP contribution is 2.16. The lowest BCUT2D eigenvalue weighted by Gasteiger charge is -2.34. The molecule has 122 valence electrons. The van der Waals surface area contributed by atoms with Crippen LogP contribution >= 0.6 is 0 Å². The SMILES string of the molecule is Cc1cn2cccc(C(=O)N3CCN(c4ncccn4)CC3)c2n1. The zero-order valence-electron chi connectivity index (χ0n) is 13.5. The number of pyridine rings is 1. The Hall–Kier alpha value is -2.96. The van der Waals surface area contributed by atoms with E-state index in [1.165, 1.54) is 0 Å². The van der Waals surface area contributed by atoms with Crippen molar-refractivity contribution in [2.45, 2.75) is 6.92 Å². The van der Waals surface area contributed by atoms with E-state index in [-0.39, 0.29) is 5.91 Å². The molecule has 1 aliphatic heterocycles. The Labute approximate surface area is 139 Å². The normalized spacial score (nSPS) is 15.0. The van der Waals surface area contributed by atoms with Crippen molar-refractivity contribution in [2.24, 2.45) is 0 Å². The minimum absolute atomic E-state index is 0.0276. The van der Waals surface area contributed by atoms with Crippen LogP contribution in [0.2, 0.25) is 0 Å². The van der Waals surface area contributed by atoms with Crippen molar-refractivity contribution in [3.05, 3.63) is 54.2 Å². The van der Waals surface area contributed by atoms with Crippen LogP contribution in [0.25, 0.3) is 5.65 Å². The third kappa shape index (κ3) is 2.58. The van der Waals surface area contributed by atoms with Gasteiger partial charge in [-0.15, -0.1) is 0 Å². The number of hydrogen-bond acceptors (Lipinski definition) is 5. The summed E-state index contributed by atoms with van der Waals surface area (Å²) < 4.78 is 1.90. The molecule has 0 saturated carbocycles. The Kier molecular flexibility index (Phi) is 3.60. The molecule has 0 unspecified atom stereocenters. The maximum Gasteiger partial charge on any atom is 0.257 e. The van der Waals surface area contributed by atoms with Gasteiger partial charge < -0.3 is 14.2 Å². The quantitative estimate of drug-likeness (QED) is 0.713. The summed E-state index contributed by atoms with van der Waals surface area (Å²) in [7, 11) is 0. The fraction of sp³-hybridized carbons (Fsp3) is 0.294. The molecule has 4 heterocycles. The van der Waals surface area contributed by atoms with Gasteiger partial charge in [-0.3, -0.25) is 4.79 Å². The first-order valence-electron chi connectivity index (χ1n) is 7.98. The Morgan fingerprint density at radius 1 is 1.08 bits per heavy atom. The van der Waals surface area contributed by atoms with Crippen LogP contribution in [0, 0.1) is 6.92 Å². The molecule has 1 fully saturated rings. The van der Waals surface area contributed by atoms with E-state index in [9.17, 15) is 4.79 Å². The van der Waals surface area contributed by atoms with Gasteiger partial charge in [-0.1, -0.05) is 0 Å². The van der Waals surface area contributed by atoms with E-state index >= 15 is 0 Å². The third-order valence-corrected chi connectivity index (χ3v) is 4.24. The van der Waals surface area contributed by atoms with Gasteiger partial charge in [0.15, 0.2) is 0 Å². The van der Waals surface area contributed by atoms with Crippen molar-refractivity contribution in [1.82, 2.24) is 24.3 Å². The van der Waals surface area contributed by atoms with Gasteiger partial charge in [0.25, 0.3) is 5.91 Å². The molecule has 7 nitrogen and oxygen atoms in total. The molecule has 0 N–H and O–H groups in total. The molecule has 3 aromatic rings. The monoisotopic (exact) mass is 322 g/mol. The molecule has 0 bridgehead atoms. The van der Waals surface area contributed by atoms with Gasteiger partial charge in [-0.25, -0.2) is 15.0 Å².